The van der Waals surface area contributed by atoms with E-state index in [9.17, 15) is 4.79 Å². The Labute approximate surface area is 217 Å². The lowest BCUT2D eigenvalue weighted by atomic mass is 10.2. The summed E-state index contributed by atoms with van der Waals surface area (Å²) in [6.07, 6.45) is 5.55. The third kappa shape index (κ3) is 9.76. The van der Waals surface area contributed by atoms with Crippen molar-refractivity contribution in [1.29, 1.82) is 0 Å². The zero-order valence-electron chi connectivity index (χ0n) is 21.6. The summed E-state index contributed by atoms with van der Waals surface area (Å²) < 4.78 is 0. The molecule has 0 atom stereocenters. The molecule has 2 aliphatic rings. The highest BCUT2D eigenvalue weighted by atomic mass is 32.2. The molecule has 1 saturated carbocycles. The van der Waals surface area contributed by atoms with Crippen molar-refractivity contribution >= 4 is 35.3 Å². The monoisotopic (exact) mass is 504 g/mol. The second kappa shape index (κ2) is 15.7. The number of piperazine rings is 1. The zero-order valence-corrected chi connectivity index (χ0v) is 23.3. The smallest absolute Gasteiger partial charge is 0.219 e. The van der Waals surface area contributed by atoms with Gasteiger partial charge in [-0.05, 0) is 49.9 Å². The van der Waals surface area contributed by atoms with Gasteiger partial charge in [-0.1, -0.05) is 57.2 Å². The van der Waals surface area contributed by atoms with Gasteiger partial charge < -0.3 is 4.90 Å². The summed E-state index contributed by atoms with van der Waals surface area (Å²) >= 11 is 6.07. The van der Waals surface area contributed by atoms with E-state index in [-0.39, 0.29) is 5.91 Å². The van der Waals surface area contributed by atoms with E-state index in [4.69, 9.17) is 0 Å². The van der Waals surface area contributed by atoms with Crippen LogP contribution < -0.4 is 0 Å². The molecule has 190 valence electrons. The first kappa shape index (κ1) is 29.0. The van der Waals surface area contributed by atoms with Crippen molar-refractivity contribution in [1.82, 2.24) is 14.7 Å². The van der Waals surface area contributed by atoms with Crippen LogP contribution in [0.1, 0.15) is 58.9 Å². The molecule has 1 aromatic rings. The van der Waals surface area contributed by atoms with Crippen molar-refractivity contribution in [3.05, 3.63) is 41.3 Å². The molecule has 3 rings (SSSR count). The number of carbonyl (C=O) groups is 1. The van der Waals surface area contributed by atoms with Crippen LogP contribution in [0.25, 0.3) is 0 Å². The molecule has 1 heterocycles. The second-order valence-corrected chi connectivity index (χ2v) is 10.6. The van der Waals surface area contributed by atoms with E-state index < -0.39 is 0 Å². The summed E-state index contributed by atoms with van der Waals surface area (Å²) in [5.41, 5.74) is 1.12. The molecule has 0 aromatic heterocycles. The highest BCUT2D eigenvalue weighted by Gasteiger charge is 2.26. The predicted octanol–water partition coefficient (Wildman–Crippen LogP) is 5.42. The third-order valence-electron chi connectivity index (χ3n) is 6.53. The summed E-state index contributed by atoms with van der Waals surface area (Å²) in [4.78, 5) is 24.7. The van der Waals surface area contributed by atoms with E-state index in [2.05, 4.69) is 66.9 Å². The Bertz CT molecular complexity index is 796. The average molecular weight is 505 g/mol. The van der Waals surface area contributed by atoms with E-state index in [0.29, 0.717) is 0 Å². The van der Waals surface area contributed by atoms with Crippen molar-refractivity contribution in [3.8, 4) is 0 Å². The minimum absolute atomic E-state index is 0.232. The molecule has 1 aliphatic carbocycles. The van der Waals surface area contributed by atoms with Crippen molar-refractivity contribution < 1.29 is 4.79 Å². The second-order valence-electron chi connectivity index (χ2n) is 8.91. The molecular formula is C27H44N4OS2. The number of rotatable bonds is 8. The van der Waals surface area contributed by atoms with Gasteiger partial charge in [0.2, 0.25) is 5.91 Å². The Morgan fingerprint density at radius 2 is 1.79 bits per heavy atom. The number of carbonyl (C=O) groups excluding carboxylic acids is 1. The summed E-state index contributed by atoms with van der Waals surface area (Å²) in [7, 11) is 0. The molecule has 1 saturated heterocycles. The number of thiol groups is 1. The molecule has 0 N–H and O–H groups in total. The largest absolute Gasteiger partial charge is 0.340 e. The lowest BCUT2D eigenvalue weighted by molar-refractivity contribution is -0.130. The molecule has 34 heavy (non-hydrogen) atoms. The predicted molar refractivity (Wildman–Crippen MR) is 151 cm³/mol. The number of benzene rings is 1. The van der Waals surface area contributed by atoms with Crippen molar-refractivity contribution in [2.45, 2.75) is 64.3 Å². The van der Waals surface area contributed by atoms with Gasteiger partial charge in [0.25, 0.3) is 0 Å². The minimum atomic E-state index is 0.232. The molecule has 0 bridgehead atoms. The van der Waals surface area contributed by atoms with E-state index in [1.54, 1.807) is 18.7 Å². The Morgan fingerprint density at radius 3 is 2.32 bits per heavy atom. The lowest BCUT2D eigenvalue weighted by Crippen LogP contribution is -2.50. The quantitative estimate of drug-likeness (QED) is 0.291. The van der Waals surface area contributed by atoms with Gasteiger partial charge in [0, 0.05) is 62.7 Å². The van der Waals surface area contributed by atoms with Crippen LogP contribution in [0.4, 0.5) is 0 Å². The van der Waals surface area contributed by atoms with Gasteiger partial charge in [-0.25, -0.2) is 0 Å². The first-order chi connectivity index (χ1) is 16.4. The zero-order chi connectivity index (χ0) is 24.9. The van der Waals surface area contributed by atoms with Crippen LogP contribution in [0.15, 0.2) is 45.6 Å². The van der Waals surface area contributed by atoms with Gasteiger partial charge in [0.05, 0.1) is 0 Å². The summed E-state index contributed by atoms with van der Waals surface area (Å²) in [5.74, 6) is 0.232. The van der Waals surface area contributed by atoms with Crippen LogP contribution in [-0.2, 0) is 4.79 Å². The van der Waals surface area contributed by atoms with E-state index in [1.807, 2.05) is 17.0 Å². The summed E-state index contributed by atoms with van der Waals surface area (Å²) in [6, 6.07) is 8.94. The molecule has 0 spiro atoms. The fourth-order valence-electron chi connectivity index (χ4n) is 4.50. The van der Waals surface area contributed by atoms with Crippen LogP contribution in [0, 0.1) is 0 Å². The Hall–Kier alpha value is -1.28. The maximum atomic E-state index is 11.1. The molecule has 2 fully saturated rings. The van der Waals surface area contributed by atoms with E-state index >= 15 is 0 Å². The van der Waals surface area contributed by atoms with Crippen molar-refractivity contribution in [2.24, 2.45) is 4.99 Å². The van der Waals surface area contributed by atoms with Gasteiger partial charge in [-0.15, -0.1) is 12.6 Å². The first-order valence-corrected chi connectivity index (χ1v) is 14.1. The molecule has 7 heteroatoms. The number of amides is 1. The van der Waals surface area contributed by atoms with Crippen LogP contribution in [0.2, 0.25) is 0 Å². The minimum Gasteiger partial charge on any atom is -0.340 e. The van der Waals surface area contributed by atoms with Gasteiger partial charge in [0.15, 0.2) is 0 Å². The Kier molecular flexibility index (Phi) is 13.3. The SMILES string of the molecule is C=C(CN(CC)CC)SC(=NCC)c1cccc(S)c1.CC(=O)N1CCN(C2CCCC2)CC1. The molecule has 0 radical (unpaired) electrons. The highest BCUT2D eigenvalue weighted by Crippen LogP contribution is 2.25. The number of thioether (sulfide) groups is 1. The maximum Gasteiger partial charge on any atom is 0.219 e. The van der Waals surface area contributed by atoms with Crippen molar-refractivity contribution in [3.63, 3.8) is 0 Å². The van der Waals surface area contributed by atoms with Crippen LogP contribution in [-0.4, -0.2) is 84.1 Å². The standard InChI is InChI=1S/C16H24N2S2.C11H20N2O/c1-5-17-16(14-9-8-10-15(19)11-14)20-13(4)12-18(6-2)7-3;1-10(14)12-6-8-13(9-7-12)11-4-2-3-5-11/h8-11,19H,4-7,12H2,1-3H3;11H,2-9H2,1H3. The normalized spacial score (nSPS) is 17.6. The first-order valence-electron chi connectivity index (χ1n) is 12.8. The van der Waals surface area contributed by atoms with Crippen LogP contribution >= 0.6 is 24.4 Å². The van der Waals surface area contributed by atoms with Gasteiger partial charge in [-0.3, -0.25) is 19.6 Å². The molecule has 1 aliphatic heterocycles. The number of hydrogen-bond donors (Lipinski definition) is 1. The summed E-state index contributed by atoms with van der Waals surface area (Å²) in [5, 5.41) is 1.03. The van der Waals surface area contributed by atoms with Crippen molar-refractivity contribution in [2.75, 3.05) is 52.4 Å². The number of likely N-dealkylation sites (N-methyl/N-ethyl adjacent to an activating group) is 1. The lowest BCUT2D eigenvalue weighted by Gasteiger charge is -2.37. The van der Waals surface area contributed by atoms with E-state index in [1.165, 1.54) is 25.7 Å². The fourth-order valence-corrected chi connectivity index (χ4v) is 5.69. The number of aliphatic imine (C=N–C) groups is 1. The summed E-state index contributed by atoms with van der Waals surface area (Å²) in [6.45, 7) is 20.1. The average Bonchev–Trinajstić information content (AvgIpc) is 3.38. The Morgan fingerprint density at radius 1 is 1.15 bits per heavy atom. The fraction of sp³-hybridized carbons (Fsp3) is 0.630. The molecule has 5 nitrogen and oxygen atoms in total. The number of hydrogen-bond acceptors (Lipinski definition) is 6. The molecular weight excluding hydrogens is 460 g/mol. The van der Waals surface area contributed by atoms with Gasteiger partial charge >= 0.3 is 0 Å². The highest BCUT2D eigenvalue weighted by molar-refractivity contribution is 8.17. The molecule has 0 unspecified atom stereocenters. The number of nitrogens with zero attached hydrogens (tertiary/aromatic N) is 4. The van der Waals surface area contributed by atoms with Gasteiger partial charge in [0.1, 0.15) is 5.04 Å². The Balaban J connectivity index is 0.000000254. The maximum absolute atomic E-state index is 11.1. The molecule has 1 amide bonds. The van der Waals surface area contributed by atoms with Crippen LogP contribution in [0.3, 0.4) is 0 Å². The molecule has 1 aromatic carbocycles. The van der Waals surface area contributed by atoms with Gasteiger partial charge in [-0.2, -0.15) is 0 Å². The van der Waals surface area contributed by atoms with E-state index in [0.717, 1.165) is 78.8 Å². The third-order valence-corrected chi connectivity index (χ3v) is 7.79. The topological polar surface area (TPSA) is 39.2 Å². The van der Waals surface area contributed by atoms with Crippen LogP contribution in [0.5, 0.6) is 0 Å².